The first kappa shape index (κ1) is 10.1. The van der Waals surface area contributed by atoms with Gasteiger partial charge in [0.05, 0.1) is 0 Å². The summed E-state index contributed by atoms with van der Waals surface area (Å²) in [6, 6.07) is 4.02. The predicted octanol–water partition coefficient (Wildman–Crippen LogP) is 1.81. The highest BCUT2D eigenvalue weighted by atomic mass is 16.1. The van der Waals surface area contributed by atoms with Gasteiger partial charge in [-0.1, -0.05) is 6.07 Å². The molecule has 0 aromatic carbocycles. The largest absolute Gasteiger partial charge is 0.356 e. The second kappa shape index (κ2) is 4.91. The summed E-state index contributed by atoms with van der Waals surface area (Å²) in [4.78, 5) is 17.1. The molecule has 2 rings (SSSR count). The highest BCUT2D eigenvalue weighted by Gasteiger charge is 2.16. The highest BCUT2D eigenvalue weighted by Crippen LogP contribution is 2.22. The van der Waals surface area contributed by atoms with E-state index in [1.807, 2.05) is 12.3 Å². The molecule has 0 N–H and O–H groups in total. The zero-order valence-electron chi connectivity index (χ0n) is 8.85. The van der Waals surface area contributed by atoms with E-state index in [9.17, 15) is 4.79 Å². The van der Waals surface area contributed by atoms with E-state index in [0.29, 0.717) is 6.42 Å². The number of aldehydes is 1. The number of aryl methyl sites for hydroxylation is 1. The van der Waals surface area contributed by atoms with E-state index in [4.69, 9.17) is 0 Å². The molecule has 80 valence electrons. The minimum absolute atomic E-state index is 0.590. The van der Waals surface area contributed by atoms with Gasteiger partial charge in [-0.25, -0.2) is 4.98 Å². The quantitative estimate of drug-likeness (QED) is 0.701. The van der Waals surface area contributed by atoms with Crippen molar-refractivity contribution in [3.8, 4) is 0 Å². The molecule has 1 aliphatic rings. The molecule has 1 aromatic heterocycles. The fourth-order valence-electron chi connectivity index (χ4n) is 2.05. The van der Waals surface area contributed by atoms with E-state index in [2.05, 4.69) is 16.0 Å². The Morgan fingerprint density at radius 1 is 1.40 bits per heavy atom. The van der Waals surface area contributed by atoms with Crippen LogP contribution in [0.1, 0.15) is 24.8 Å². The molecule has 1 aromatic rings. The number of carbonyl (C=O) groups excluding carboxylic acids is 1. The van der Waals surface area contributed by atoms with Gasteiger partial charge in [0.1, 0.15) is 12.1 Å². The van der Waals surface area contributed by atoms with Crippen molar-refractivity contribution in [3.63, 3.8) is 0 Å². The molecular formula is C12H16N2O. The Morgan fingerprint density at radius 3 is 2.93 bits per heavy atom. The molecule has 3 nitrogen and oxygen atoms in total. The van der Waals surface area contributed by atoms with Crippen molar-refractivity contribution >= 4 is 12.1 Å². The Bertz CT molecular complexity index is 332. The van der Waals surface area contributed by atoms with Crippen molar-refractivity contribution in [3.05, 3.63) is 23.9 Å². The Labute approximate surface area is 90.1 Å². The van der Waals surface area contributed by atoms with Crippen LogP contribution in [-0.4, -0.2) is 24.4 Å². The van der Waals surface area contributed by atoms with E-state index in [1.54, 1.807) is 0 Å². The van der Waals surface area contributed by atoms with E-state index in [1.165, 1.54) is 18.4 Å². The number of rotatable bonds is 4. The smallest absolute Gasteiger partial charge is 0.131 e. The molecule has 15 heavy (non-hydrogen) atoms. The molecule has 0 amide bonds. The Hall–Kier alpha value is -1.38. The standard InChI is InChI=1S/C12H16N2O/c15-10-4-6-11-5-3-7-13-12(11)14-8-1-2-9-14/h3,5,7,10H,1-2,4,6,8-9H2. The minimum Gasteiger partial charge on any atom is -0.356 e. The molecule has 0 atom stereocenters. The van der Waals surface area contributed by atoms with Crippen LogP contribution in [0.5, 0.6) is 0 Å². The van der Waals surface area contributed by atoms with Crippen LogP contribution in [0.25, 0.3) is 0 Å². The summed E-state index contributed by atoms with van der Waals surface area (Å²) in [6.45, 7) is 2.20. The Morgan fingerprint density at radius 2 is 2.20 bits per heavy atom. The molecule has 0 radical (unpaired) electrons. The number of pyridine rings is 1. The van der Waals surface area contributed by atoms with Crippen molar-refractivity contribution < 1.29 is 4.79 Å². The third-order valence-corrected chi connectivity index (χ3v) is 2.80. The van der Waals surface area contributed by atoms with E-state index < -0.39 is 0 Å². The summed E-state index contributed by atoms with van der Waals surface area (Å²) >= 11 is 0. The summed E-state index contributed by atoms with van der Waals surface area (Å²) in [5.74, 6) is 1.08. The van der Waals surface area contributed by atoms with Gasteiger partial charge in [0.2, 0.25) is 0 Å². The zero-order chi connectivity index (χ0) is 10.5. The first-order chi connectivity index (χ1) is 7.42. The lowest BCUT2D eigenvalue weighted by Gasteiger charge is -2.19. The lowest BCUT2D eigenvalue weighted by Crippen LogP contribution is -2.20. The molecular weight excluding hydrogens is 188 g/mol. The van der Waals surface area contributed by atoms with Crippen molar-refractivity contribution in [2.24, 2.45) is 0 Å². The number of carbonyl (C=O) groups is 1. The van der Waals surface area contributed by atoms with Crippen LogP contribution in [-0.2, 0) is 11.2 Å². The molecule has 1 aliphatic heterocycles. The lowest BCUT2D eigenvalue weighted by molar-refractivity contribution is -0.107. The molecule has 0 aliphatic carbocycles. The van der Waals surface area contributed by atoms with E-state index >= 15 is 0 Å². The third-order valence-electron chi connectivity index (χ3n) is 2.80. The van der Waals surface area contributed by atoms with Crippen molar-refractivity contribution in [1.29, 1.82) is 0 Å². The van der Waals surface area contributed by atoms with Gasteiger partial charge in [-0.2, -0.15) is 0 Å². The van der Waals surface area contributed by atoms with Gasteiger partial charge in [-0.3, -0.25) is 0 Å². The van der Waals surface area contributed by atoms with Crippen molar-refractivity contribution in [1.82, 2.24) is 4.98 Å². The topological polar surface area (TPSA) is 33.2 Å². The van der Waals surface area contributed by atoms with Gasteiger partial charge in [0.15, 0.2) is 0 Å². The molecule has 3 heteroatoms. The predicted molar refractivity (Wildman–Crippen MR) is 60.1 cm³/mol. The first-order valence-electron chi connectivity index (χ1n) is 5.54. The highest BCUT2D eigenvalue weighted by molar-refractivity contribution is 5.53. The van der Waals surface area contributed by atoms with Crippen LogP contribution >= 0.6 is 0 Å². The second-order valence-electron chi connectivity index (χ2n) is 3.89. The molecule has 2 heterocycles. The van der Waals surface area contributed by atoms with Crippen LogP contribution in [0, 0.1) is 0 Å². The van der Waals surface area contributed by atoms with Crippen LogP contribution in [0.15, 0.2) is 18.3 Å². The van der Waals surface area contributed by atoms with Crippen LogP contribution in [0.4, 0.5) is 5.82 Å². The SMILES string of the molecule is O=CCCc1cccnc1N1CCCC1. The third kappa shape index (κ3) is 2.35. The molecule has 0 spiro atoms. The van der Waals surface area contributed by atoms with Gasteiger partial charge in [0, 0.05) is 25.7 Å². The van der Waals surface area contributed by atoms with E-state index in [0.717, 1.165) is 31.6 Å². The summed E-state index contributed by atoms with van der Waals surface area (Å²) in [7, 11) is 0. The molecule has 0 unspecified atom stereocenters. The van der Waals surface area contributed by atoms with Gasteiger partial charge < -0.3 is 9.69 Å². The lowest BCUT2D eigenvalue weighted by atomic mass is 10.1. The van der Waals surface area contributed by atoms with Gasteiger partial charge in [-0.05, 0) is 30.9 Å². The van der Waals surface area contributed by atoms with Crippen LogP contribution in [0.3, 0.4) is 0 Å². The maximum absolute atomic E-state index is 10.4. The number of hydrogen-bond donors (Lipinski definition) is 0. The number of nitrogens with zero attached hydrogens (tertiary/aromatic N) is 2. The number of anilines is 1. The maximum atomic E-state index is 10.4. The average Bonchev–Trinajstić information content (AvgIpc) is 2.80. The number of hydrogen-bond acceptors (Lipinski definition) is 3. The van der Waals surface area contributed by atoms with Gasteiger partial charge >= 0.3 is 0 Å². The fourth-order valence-corrected chi connectivity index (χ4v) is 2.05. The monoisotopic (exact) mass is 204 g/mol. The van der Waals surface area contributed by atoms with Crippen LogP contribution < -0.4 is 4.90 Å². The van der Waals surface area contributed by atoms with Crippen LogP contribution in [0.2, 0.25) is 0 Å². The zero-order valence-corrected chi connectivity index (χ0v) is 8.85. The molecule has 0 saturated carbocycles. The molecule has 1 fully saturated rings. The summed E-state index contributed by atoms with van der Waals surface area (Å²) in [6.07, 6.45) is 6.71. The minimum atomic E-state index is 0.590. The van der Waals surface area contributed by atoms with Gasteiger partial charge in [0.25, 0.3) is 0 Å². The van der Waals surface area contributed by atoms with Gasteiger partial charge in [-0.15, -0.1) is 0 Å². The second-order valence-corrected chi connectivity index (χ2v) is 3.89. The average molecular weight is 204 g/mol. The Balaban J connectivity index is 2.16. The molecule has 0 bridgehead atoms. The van der Waals surface area contributed by atoms with Crippen molar-refractivity contribution in [2.75, 3.05) is 18.0 Å². The number of aromatic nitrogens is 1. The summed E-state index contributed by atoms with van der Waals surface area (Å²) in [5.41, 5.74) is 1.20. The Kier molecular flexibility index (Phi) is 3.33. The van der Waals surface area contributed by atoms with E-state index in [-0.39, 0.29) is 0 Å². The molecule has 1 saturated heterocycles. The summed E-state index contributed by atoms with van der Waals surface area (Å²) < 4.78 is 0. The van der Waals surface area contributed by atoms with Crippen molar-refractivity contribution in [2.45, 2.75) is 25.7 Å². The first-order valence-corrected chi connectivity index (χ1v) is 5.54. The normalized spacial score (nSPS) is 15.6. The fraction of sp³-hybridized carbons (Fsp3) is 0.500. The summed E-state index contributed by atoms with van der Waals surface area (Å²) in [5, 5.41) is 0. The maximum Gasteiger partial charge on any atom is 0.131 e.